The van der Waals surface area contributed by atoms with Crippen LogP contribution in [0.25, 0.3) is 0 Å². The average molecular weight is 430 g/mol. The fourth-order valence-electron chi connectivity index (χ4n) is 1.93. The van der Waals surface area contributed by atoms with Crippen LogP contribution >= 0.6 is 22.6 Å². The Kier molecular flexibility index (Phi) is 5.07. The number of hydrogen-bond acceptors (Lipinski definition) is 3. The van der Waals surface area contributed by atoms with Crippen molar-refractivity contribution in [1.29, 1.82) is 0 Å². The Bertz CT molecular complexity index is 789. The lowest BCUT2D eigenvalue weighted by atomic mass is 10.2. The SMILES string of the molecule is Cc1ccc(S(=O)(=O)N(CC(N)=O)c2ccccc2I)cc1. The quantitative estimate of drug-likeness (QED) is 0.740. The first-order valence-corrected chi connectivity index (χ1v) is 8.96. The number of nitrogens with two attached hydrogens (primary N) is 1. The van der Waals surface area contributed by atoms with Crippen molar-refractivity contribution < 1.29 is 13.2 Å². The summed E-state index contributed by atoms with van der Waals surface area (Å²) in [7, 11) is -3.86. The number of sulfonamides is 1. The van der Waals surface area contributed by atoms with Gasteiger partial charge in [-0.25, -0.2) is 8.42 Å². The summed E-state index contributed by atoms with van der Waals surface area (Å²) in [4.78, 5) is 11.5. The topological polar surface area (TPSA) is 80.5 Å². The normalized spacial score (nSPS) is 11.2. The molecule has 22 heavy (non-hydrogen) atoms. The molecule has 2 aromatic carbocycles. The number of primary amides is 1. The molecule has 0 fully saturated rings. The van der Waals surface area contributed by atoms with Crippen LogP contribution < -0.4 is 10.0 Å². The van der Waals surface area contributed by atoms with Crippen molar-refractivity contribution in [3.63, 3.8) is 0 Å². The van der Waals surface area contributed by atoms with Gasteiger partial charge in [-0.2, -0.15) is 0 Å². The second-order valence-electron chi connectivity index (χ2n) is 4.74. The second kappa shape index (κ2) is 6.66. The van der Waals surface area contributed by atoms with Crippen molar-refractivity contribution in [1.82, 2.24) is 0 Å². The van der Waals surface area contributed by atoms with Crippen LogP contribution in [-0.4, -0.2) is 20.9 Å². The molecule has 0 saturated carbocycles. The molecule has 5 nitrogen and oxygen atoms in total. The molecule has 0 radical (unpaired) electrons. The first-order chi connectivity index (χ1) is 10.3. The van der Waals surface area contributed by atoms with Gasteiger partial charge in [-0.1, -0.05) is 29.8 Å². The van der Waals surface area contributed by atoms with Gasteiger partial charge in [0.25, 0.3) is 10.0 Å². The molecule has 0 spiro atoms. The van der Waals surface area contributed by atoms with Gasteiger partial charge in [0.2, 0.25) is 5.91 Å². The molecular weight excluding hydrogens is 415 g/mol. The Balaban J connectivity index is 2.56. The second-order valence-corrected chi connectivity index (χ2v) is 7.77. The summed E-state index contributed by atoms with van der Waals surface area (Å²) in [6.45, 7) is 1.47. The van der Waals surface area contributed by atoms with E-state index in [1.54, 1.807) is 36.4 Å². The van der Waals surface area contributed by atoms with Crippen molar-refractivity contribution in [3.8, 4) is 0 Å². The zero-order valence-electron chi connectivity index (χ0n) is 11.9. The number of aryl methyl sites for hydroxylation is 1. The predicted molar refractivity (Wildman–Crippen MR) is 94.1 cm³/mol. The van der Waals surface area contributed by atoms with Gasteiger partial charge in [-0.05, 0) is 53.8 Å². The van der Waals surface area contributed by atoms with Crippen molar-refractivity contribution in [3.05, 3.63) is 57.7 Å². The number of rotatable bonds is 5. The molecule has 0 aliphatic carbocycles. The summed E-state index contributed by atoms with van der Waals surface area (Å²) in [6.07, 6.45) is 0. The van der Waals surface area contributed by atoms with Crippen LogP contribution in [0.15, 0.2) is 53.4 Å². The molecule has 0 aromatic heterocycles. The first kappa shape index (κ1) is 16.8. The molecule has 0 aliphatic rings. The highest BCUT2D eigenvalue weighted by molar-refractivity contribution is 14.1. The van der Waals surface area contributed by atoms with E-state index in [0.29, 0.717) is 5.69 Å². The molecule has 2 N–H and O–H groups in total. The van der Waals surface area contributed by atoms with Crippen LogP contribution in [0, 0.1) is 10.5 Å². The molecule has 2 aromatic rings. The zero-order valence-corrected chi connectivity index (χ0v) is 14.8. The lowest BCUT2D eigenvalue weighted by Gasteiger charge is -2.24. The number of hydrogen-bond donors (Lipinski definition) is 1. The Morgan fingerprint density at radius 1 is 1.14 bits per heavy atom. The standard InChI is InChI=1S/C15H15IN2O3S/c1-11-6-8-12(9-7-11)22(20,21)18(10-15(17)19)14-5-3-2-4-13(14)16/h2-9H,10H2,1H3,(H2,17,19). The van der Waals surface area contributed by atoms with E-state index in [0.717, 1.165) is 13.4 Å². The van der Waals surface area contributed by atoms with Gasteiger partial charge in [-0.15, -0.1) is 0 Å². The van der Waals surface area contributed by atoms with Crippen molar-refractivity contribution in [2.24, 2.45) is 5.73 Å². The van der Waals surface area contributed by atoms with Crippen LogP contribution in [0.5, 0.6) is 0 Å². The van der Waals surface area contributed by atoms with Crippen LogP contribution in [0.1, 0.15) is 5.56 Å². The Labute approximate surface area is 143 Å². The van der Waals surface area contributed by atoms with E-state index in [2.05, 4.69) is 0 Å². The lowest BCUT2D eigenvalue weighted by Crippen LogP contribution is -2.39. The molecule has 1 amide bonds. The molecular formula is C15H15IN2O3S. The molecule has 0 saturated heterocycles. The zero-order chi connectivity index (χ0) is 16.3. The van der Waals surface area contributed by atoms with Crippen molar-refractivity contribution >= 4 is 44.2 Å². The number of anilines is 1. The van der Waals surface area contributed by atoms with Crippen LogP contribution in [-0.2, 0) is 14.8 Å². The summed E-state index contributed by atoms with van der Waals surface area (Å²) in [6, 6.07) is 13.4. The predicted octanol–water partition coefficient (Wildman–Crippen LogP) is 2.28. The number of benzene rings is 2. The molecule has 0 aliphatic heterocycles. The highest BCUT2D eigenvalue weighted by Gasteiger charge is 2.27. The fraction of sp³-hybridized carbons (Fsp3) is 0.133. The van der Waals surface area contributed by atoms with E-state index in [1.807, 2.05) is 29.5 Å². The molecule has 7 heteroatoms. The number of para-hydroxylation sites is 1. The Hall–Kier alpha value is -1.61. The van der Waals surface area contributed by atoms with Gasteiger partial charge < -0.3 is 5.73 Å². The van der Waals surface area contributed by atoms with Crippen molar-refractivity contribution in [2.45, 2.75) is 11.8 Å². The molecule has 0 heterocycles. The molecule has 0 atom stereocenters. The third-order valence-electron chi connectivity index (χ3n) is 3.03. The third-order valence-corrected chi connectivity index (χ3v) is 5.72. The third kappa shape index (κ3) is 3.58. The minimum Gasteiger partial charge on any atom is -0.368 e. The van der Waals surface area contributed by atoms with Gasteiger partial charge in [-0.3, -0.25) is 9.10 Å². The summed E-state index contributed by atoms with van der Waals surface area (Å²) in [5.41, 5.74) is 6.62. The van der Waals surface area contributed by atoms with E-state index >= 15 is 0 Å². The van der Waals surface area contributed by atoms with E-state index in [1.165, 1.54) is 12.1 Å². The summed E-state index contributed by atoms with van der Waals surface area (Å²) < 4.78 is 27.5. The maximum absolute atomic E-state index is 12.8. The van der Waals surface area contributed by atoms with Gasteiger partial charge in [0.1, 0.15) is 6.54 Å². The number of amides is 1. The number of carbonyl (C=O) groups excluding carboxylic acids is 1. The van der Waals surface area contributed by atoms with Crippen LogP contribution in [0.2, 0.25) is 0 Å². The van der Waals surface area contributed by atoms with Gasteiger partial charge >= 0.3 is 0 Å². The average Bonchev–Trinajstić information content (AvgIpc) is 2.46. The van der Waals surface area contributed by atoms with E-state index in [4.69, 9.17) is 5.73 Å². The number of halogens is 1. The minimum absolute atomic E-state index is 0.124. The monoisotopic (exact) mass is 430 g/mol. The molecule has 0 unspecified atom stereocenters. The minimum atomic E-state index is -3.86. The van der Waals surface area contributed by atoms with Crippen molar-refractivity contribution in [2.75, 3.05) is 10.8 Å². The molecule has 116 valence electrons. The van der Waals surface area contributed by atoms with Crippen LogP contribution in [0.4, 0.5) is 5.69 Å². The largest absolute Gasteiger partial charge is 0.368 e. The maximum atomic E-state index is 12.8. The van der Waals surface area contributed by atoms with Gasteiger partial charge in [0.15, 0.2) is 0 Å². The summed E-state index contributed by atoms with van der Waals surface area (Å²) in [5.74, 6) is -0.713. The maximum Gasteiger partial charge on any atom is 0.264 e. The van der Waals surface area contributed by atoms with Gasteiger partial charge in [0, 0.05) is 3.57 Å². The lowest BCUT2D eigenvalue weighted by molar-refractivity contribution is -0.116. The molecule has 2 rings (SSSR count). The Morgan fingerprint density at radius 2 is 1.73 bits per heavy atom. The highest BCUT2D eigenvalue weighted by atomic mass is 127. The number of nitrogens with zero attached hydrogens (tertiary/aromatic N) is 1. The van der Waals surface area contributed by atoms with Crippen LogP contribution in [0.3, 0.4) is 0 Å². The summed E-state index contributed by atoms with van der Waals surface area (Å²) in [5, 5.41) is 0. The smallest absolute Gasteiger partial charge is 0.264 e. The highest BCUT2D eigenvalue weighted by Crippen LogP contribution is 2.28. The first-order valence-electron chi connectivity index (χ1n) is 6.44. The fourth-order valence-corrected chi connectivity index (χ4v) is 4.22. The van der Waals surface area contributed by atoms with Gasteiger partial charge in [0.05, 0.1) is 10.6 Å². The number of carbonyl (C=O) groups is 1. The van der Waals surface area contributed by atoms with E-state index in [-0.39, 0.29) is 4.90 Å². The Morgan fingerprint density at radius 3 is 2.27 bits per heavy atom. The molecule has 0 bridgehead atoms. The van der Waals surface area contributed by atoms with E-state index < -0.39 is 22.5 Å². The van der Waals surface area contributed by atoms with E-state index in [9.17, 15) is 13.2 Å². The summed E-state index contributed by atoms with van der Waals surface area (Å²) >= 11 is 2.03.